The monoisotopic (exact) mass is 384 g/mol. The lowest BCUT2D eigenvalue weighted by molar-refractivity contribution is -0.139. The maximum atomic E-state index is 13.3. The van der Waals surface area contributed by atoms with Crippen LogP contribution in [0.2, 0.25) is 0 Å². The van der Waals surface area contributed by atoms with Gasteiger partial charge in [0.2, 0.25) is 5.91 Å². The second-order valence-electron chi connectivity index (χ2n) is 7.72. The molecular weight excluding hydrogens is 352 g/mol. The van der Waals surface area contributed by atoms with E-state index in [2.05, 4.69) is 35.8 Å². The lowest BCUT2D eigenvalue weighted by atomic mass is 9.92. The van der Waals surface area contributed by atoms with Gasteiger partial charge in [-0.2, -0.15) is 0 Å². The summed E-state index contributed by atoms with van der Waals surface area (Å²) in [4.78, 5) is 24.8. The van der Waals surface area contributed by atoms with Crippen molar-refractivity contribution in [1.82, 2.24) is 20.0 Å². The molecule has 2 aromatic rings. The Morgan fingerprint density at radius 3 is 2.71 bits per heavy atom. The van der Waals surface area contributed by atoms with Gasteiger partial charge >= 0.3 is 0 Å². The van der Waals surface area contributed by atoms with E-state index in [-0.39, 0.29) is 17.9 Å². The van der Waals surface area contributed by atoms with Gasteiger partial charge in [0.25, 0.3) is 0 Å². The van der Waals surface area contributed by atoms with Crippen molar-refractivity contribution in [3.8, 4) is 11.3 Å². The van der Waals surface area contributed by atoms with E-state index in [9.17, 15) is 4.79 Å². The molecule has 2 aromatic heterocycles. The second kappa shape index (κ2) is 9.30. The van der Waals surface area contributed by atoms with Gasteiger partial charge in [0.1, 0.15) is 5.82 Å². The van der Waals surface area contributed by atoms with Crippen LogP contribution in [0.3, 0.4) is 0 Å². The topological polar surface area (TPSA) is 72.1 Å². The van der Waals surface area contributed by atoms with Crippen molar-refractivity contribution in [2.45, 2.75) is 78.7 Å². The van der Waals surface area contributed by atoms with Gasteiger partial charge in [0.15, 0.2) is 5.76 Å². The van der Waals surface area contributed by atoms with Gasteiger partial charge < -0.3 is 9.42 Å². The third kappa shape index (κ3) is 4.26. The molecule has 1 aliphatic rings. The third-order valence-corrected chi connectivity index (χ3v) is 5.67. The zero-order chi connectivity index (χ0) is 20.1. The number of hydrogen-bond acceptors (Lipinski definition) is 5. The van der Waals surface area contributed by atoms with Crippen molar-refractivity contribution in [3.05, 3.63) is 29.5 Å². The molecule has 0 N–H and O–H groups in total. The van der Waals surface area contributed by atoms with E-state index in [1.807, 2.05) is 19.2 Å². The van der Waals surface area contributed by atoms with Crippen molar-refractivity contribution in [3.63, 3.8) is 0 Å². The predicted octanol–water partition coefficient (Wildman–Crippen LogP) is 4.88. The van der Waals surface area contributed by atoms with Crippen molar-refractivity contribution >= 4 is 5.91 Å². The first-order chi connectivity index (χ1) is 13.6. The number of amides is 1. The van der Waals surface area contributed by atoms with Crippen molar-refractivity contribution < 1.29 is 9.32 Å². The first-order valence-electron chi connectivity index (χ1n) is 10.7. The molecule has 0 saturated carbocycles. The van der Waals surface area contributed by atoms with Crippen molar-refractivity contribution in [1.29, 1.82) is 0 Å². The minimum atomic E-state index is -0.0270. The minimum absolute atomic E-state index is 0.0270. The number of nitrogens with zero attached hydrogens (tertiary/aromatic N) is 4. The fourth-order valence-electron chi connectivity index (χ4n) is 4.06. The highest BCUT2D eigenvalue weighted by molar-refractivity contribution is 5.79. The number of carbonyl (C=O) groups is 1. The number of piperidine rings is 1. The standard InChI is InChI=1S/C22H32N4O2/c1-5-10-20-23-14-17(19-13-15(4)25-28-19)21(24-20)18-11-8-9-12-26(18)22(27)16(6-2)7-3/h13-14,16,18H,5-12H2,1-4H3. The molecule has 3 heterocycles. The summed E-state index contributed by atoms with van der Waals surface area (Å²) in [6, 6.07) is 1.89. The Kier molecular flexibility index (Phi) is 6.81. The molecule has 6 heteroatoms. The summed E-state index contributed by atoms with van der Waals surface area (Å²) < 4.78 is 5.53. The lowest BCUT2D eigenvalue weighted by Gasteiger charge is -2.38. The van der Waals surface area contributed by atoms with Gasteiger partial charge in [-0.15, -0.1) is 0 Å². The van der Waals surface area contributed by atoms with Gasteiger partial charge in [0.05, 0.1) is 23.0 Å². The first kappa shape index (κ1) is 20.5. The number of hydrogen-bond donors (Lipinski definition) is 0. The van der Waals surface area contributed by atoms with Crippen LogP contribution in [-0.2, 0) is 11.2 Å². The lowest BCUT2D eigenvalue weighted by Crippen LogP contribution is -2.42. The normalized spacial score (nSPS) is 17.3. The van der Waals surface area contributed by atoms with E-state index in [0.29, 0.717) is 5.76 Å². The molecule has 1 aliphatic heterocycles. The van der Waals surface area contributed by atoms with Crippen LogP contribution in [0.1, 0.15) is 82.6 Å². The quantitative estimate of drug-likeness (QED) is 0.680. The van der Waals surface area contributed by atoms with E-state index >= 15 is 0 Å². The molecule has 0 radical (unpaired) electrons. The van der Waals surface area contributed by atoms with Crippen molar-refractivity contribution in [2.75, 3.05) is 6.54 Å². The summed E-state index contributed by atoms with van der Waals surface area (Å²) in [5.41, 5.74) is 2.59. The zero-order valence-corrected chi connectivity index (χ0v) is 17.6. The molecule has 0 aromatic carbocycles. The average Bonchev–Trinajstić information content (AvgIpc) is 3.15. The maximum Gasteiger partial charge on any atom is 0.226 e. The number of likely N-dealkylation sites (tertiary alicyclic amines) is 1. The SMILES string of the molecule is CCCc1ncc(-c2cc(C)no2)c(C2CCCCN2C(=O)C(CC)CC)n1. The Labute approximate surface area is 167 Å². The molecule has 0 bridgehead atoms. The summed E-state index contributed by atoms with van der Waals surface area (Å²) in [7, 11) is 0. The summed E-state index contributed by atoms with van der Waals surface area (Å²) in [6.07, 6.45) is 8.48. The minimum Gasteiger partial charge on any atom is -0.356 e. The third-order valence-electron chi connectivity index (χ3n) is 5.67. The van der Waals surface area contributed by atoms with E-state index in [4.69, 9.17) is 9.51 Å². The summed E-state index contributed by atoms with van der Waals surface area (Å²) in [5.74, 6) is 1.84. The van der Waals surface area contributed by atoms with E-state index in [1.165, 1.54) is 0 Å². The highest BCUT2D eigenvalue weighted by atomic mass is 16.5. The number of rotatable bonds is 7. The number of aryl methyl sites for hydroxylation is 2. The Balaban J connectivity index is 2.04. The highest BCUT2D eigenvalue weighted by Gasteiger charge is 2.34. The molecule has 152 valence electrons. The van der Waals surface area contributed by atoms with Gasteiger partial charge in [-0.3, -0.25) is 4.79 Å². The van der Waals surface area contributed by atoms with Gasteiger partial charge in [-0.05, 0) is 45.4 Å². The predicted molar refractivity (Wildman–Crippen MR) is 109 cm³/mol. The Morgan fingerprint density at radius 1 is 1.29 bits per heavy atom. The average molecular weight is 385 g/mol. The molecule has 3 rings (SSSR count). The number of carbonyl (C=O) groups excluding carboxylic acids is 1. The second-order valence-corrected chi connectivity index (χ2v) is 7.72. The highest BCUT2D eigenvalue weighted by Crippen LogP contribution is 2.37. The van der Waals surface area contributed by atoms with Crippen LogP contribution in [-0.4, -0.2) is 32.5 Å². The number of aromatic nitrogens is 3. The van der Waals surface area contributed by atoms with Crippen LogP contribution in [0.4, 0.5) is 0 Å². The van der Waals surface area contributed by atoms with E-state index in [1.54, 1.807) is 0 Å². The molecule has 1 saturated heterocycles. The van der Waals surface area contributed by atoms with Gasteiger partial charge in [-0.25, -0.2) is 9.97 Å². The fourth-order valence-corrected chi connectivity index (χ4v) is 4.06. The molecule has 28 heavy (non-hydrogen) atoms. The van der Waals surface area contributed by atoms with E-state index < -0.39 is 0 Å². The van der Waals surface area contributed by atoms with E-state index in [0.717, 1.165) is 74.3 Å². The molecule has 0 spiro atoms. The van der Waals surface area contributed by atoms with Crippen LogP contribution < -0.4 is 0 Å². The van der Waals surface area contributed by atoms with Crippen LogP contribution in [0, 0.1) is 12.8 Å². The maximum absolute atomic E-state index is 13.3. The van der Waals surface area contributed by atoms with Crippen LogP contribution >= 0.6 is 0 Å². The van der Waals surface area contributed by atoms with Gasteiger partial charge in [-0.1, -0.05) is 25.9 Å². The first-order valence-corrected chi connectivity index (χ1v) is 10.7. The van der Waals surface area contributed by atoms with Gasteiger partial charge in [0, 0.05) is 31.1 Å². The molecule has 0 aliphatic carbocycles. The molecule has 1 fully saturated rings. The van der Waals surface area contributed by atoms with Crippen LogP contribution in [0.25, 0.3) is 11.3 Å². The summed E-state index contributed by atoms with van der Waals surface area (Å²) in [5, 5.41) is 4.04. The fraction of sp³-hybridized carbons (Fsp3) is 0.636. The largest absolute Gasteiger partial charge is 0.356 e. The summed E-state index contributed by atoms with van der Waals surface area (Å²) >= 11 is 0. The Hall–Kier alpha value is -2.24. The zero-order valence-electron chi connectivity index (χ0n) is 17.6. The Bertz CT molecular complexity index is 798. The van der Waals surface area contributed by atoms with Crippen LogP contribution in [0.5, 0.6) is 0 Å². The molecule has 1 unspecified atom stereocenters. The molecule has 6 nitrogen and oxygen atoms in total. The smallest absolute Gasteiger partial charge is 0.226 e. The molecule has 1 amide bonds. The molecular formula is C22H32N4O2. The summed E-state index contributed by atoms with van der Waals surface area (Å²) in [6.45, 7) is 9.01. The van der Waals surface area contributed by atoms with Crippen molar-refractivity contribution in [2.24, 2.45) is 5.92 Å². The van der Waals surface area contributed by atoms with Crippen LogP contribution in [0.15, 0.2) is 16.8 Å². The molecule has 1 atom stereocenters. The Morgan fingerprint density at radius 2 is 2.07 bits per heavy atom.